The number of amides is 2. The van der Waals surface area contributed by atoms with Crippen LogP contribution in [0, 0.1) is 0 Å². The third-order valence-corrected chi connectivity index (χ3v) is 5.78. The van der Waals surface area contributed by atoms with Gasteiger partial charge in [0.2, 0.25) is 11.8 Å². The number of nitrogens with one attached hydrogen (secondary N) is 1. The normalized spacial score (nSPS) is 20.8. The lowest BCUT2D eigenvalue weighted by Crippen LogP contribution is -2.57. The van der Waals surface area contributed by atoms with Gasteiger partial charge in [-0.15, -0.1) is 0 Å². The summed E-state index contributed by atoms with van der Waals surface area (Å²) in [6.45, 7) is 10.3. The Bertz CT molecular complexity index is 683. The van der Waals surface area contributed by atoms with Crippen molar-refractivity contribution in [3.63, 3.8) is 0 Å². The van der Waals surface area contributed by atoms with Gasteiger partial charge in [0, 0.05) is 56.6 Å². The van der Waals surface area contributed by atoms with Crippen LogP contribution in [0.3, 0.4) is 0 Å². The number of fused-ring (bicyclic) bond motifs is 1. The molecule has 0 unspecified atom stereocenters. The first-order chi connectivity index (χ1) is 12.8. The number of methoxy groups -OCH3 is 1. The third kappa shape index (κ3) is 4.50. The van der Waals surface area contributed by atoms with Crippen LogP contribution in [0.1, 0.15) is 55.6 Å². The molecule has 0 heterocycles. The van der Waals surface area contributed by atoms with Gasteiger partial charge in [0.25, 0.3) is 0 Å². The minimum absolute atomic E-state index is 0.00418. The molecule has 1 aromatic rings. The summed E-state index contributed by atoms with van der Waals surface area (Å²) in [7, 11) is 1.72. The zero-order valence-corrected chi connectivity index (χ0v) is 17.2. The maximum atomic E-state index is 12.3. The van der Waals surface area contributed by atoms with Crippen LogP contribution in [-0.4, -0.2) is 55.6 Å². The molecule has 0 saturated carbocycles. The minimum atomic E-state index is -0.420. The summed E-state index contributed by atoms with van der Waals surface area (Å²) >= 11 is 0. The second-order valence-corrected chi connectivity index (χ2v) is 7.68. The van der Waals surface area contributed by atoms with Crippen molar-refractivity contribution in [2.75, 3.05) is 26.7 Å². The molecule has 6 nitrogen and oxygen atoms in total. The first kappa shape index (κ1) is 21.4. The summed E-state index contributed by atoms with van der Waals surface area (Å²) in [5, 5.41) is 3.55. The number of ether oxygens (including phenoxy) is 1. The van der Waals surface area contributed by atoms with Crippen molar-refractivity contribution in [2.45, 2.75) is 58.1 Å². The van der Waals surface area contributed by atoms with E-state index < -0.39 is 5.91 Å². The summed E-state index contributed by atoms with van der Waals surface area (Å²) in [5.41, 5.74) is 8.01. The summed E-state index contributed by atoms with van der Waals surface area (Å²) in [6, 6.07) is 5.69. The average Bonchev–Trinajstić information content (AvgIpc) is 2.63. The maximum Gasteiger partial charge on any atom is 0.248 e. The Morgan fingerprint density at radius 1 is 1.30 bits per heavy atom. The van der Waals surface area contributed by atoms with E-state index in [1.54, 1.807) is 13.2 Å². The quantitative estimate of drug-likeness (QED) is 0.726. The number of hydrogen-bond donors (Lipinski definition) is 2. The monoisotopic (exact) mass is 375 g/mol. The zero-order valence-electron chi connectivity index (χ0n) is 17.2. The first-order valence-corrected chi connectivity index (χ1v) is 9.73. The van der Waals surface area contributed by atoms with Crippen LogP contribution in [0.2, 0.25) is 0 Å². The molecule has 0 radical (unpaired) electrons. The highest BCUT2D eigenvalue weighted by Crippen LogP contribution is 2.38. The van der Waals surface area contributed by atoms with Gasteiger partial charge in [0.05, 0.1) is 6.10 Å². The molecule has 0 fully saturated rings. The van der Waals surface area contributed by atoms with Gasteiger partial charge in [0.1, 0.15) is 0 Å². The molecule has 150 valence electrons. The fraction of sp³-hybridized carbons (Fsp3) is 0.619. The SMILES string of the molecule is CCN(CC)C(=O)CCN[C@@H]1[C@@H](OC)Cc2ccc(C(N)=O)cc2C1(C)C. The van der Waals surface area contributed by atoms with E-state index in [1.165, 1.54) is 5.56 Å². The number of hydrogen-bond acceptors (Lipinski definition) is 4. The smallest absolute Gasteiger partial charge is 0.248 e. The average molecular weight is 376 g/mol. The van der Waals surface area contributed by atoms with Gasteiger partial charge < -0.3 is 20.7 Å². The molecule has 0 aliphatic heterocycles. The molecule has 2 atom stereocenters. The van der Waals surface area contributed by atoms with E-state index >= 15 is 0 Å². The molecule has 6 heteroatoms. The number of primary amides is 1. The topological polar surface area (TPSA) is 84.7 Å². The van der Waals surface area contributed by atoms with Crippen molar-refractivity contribution >= 4 is 11.8 Å². The van der Waals surface area contributed by atoms with E-state index in [4.69, 9.17) is 10.5 Å². The van der Waals surface area contributed by atoms with Crippen molar-refractivity contribution in [3.8, 4) is 0 Å². The summed E-state index contributed by atoms with van der Waals surface area (Å²) in [4.78, 5) is 25.7. The number of benzene rings is 1. The Morgan fingerprint density at radius 3 is 2.52 bits per heavy atom. The van der Waals surface area contributed by atoms with Crippen molar-refractivity contribution in [1.82, 2.24) is 10.2 Å². The Labute approximate surface area is 162 Å². The molecule has 3 N–H and O–H groups in total. The Morgan fingerprint density at radius 2 is 1.96 bits per heavy atom. The maximum absolute atomic E-state index is 12.3. The van der Waals surface area contributed by atoms with Crippen LogP contribution in [-0.2, 0) is 21.4 Å². The highest BCUT2D eigenvalue weighted by molar-refractivity contribution is 5.93. The number of carbonyl (C=O) groups excluding carboxylic acids is 2. The summed E-state index contributed by atoms with van der Waals surface area (Å²) < 4.78 is 5.77. The summed E-state index contributed by atoms with van der Waals surface area (Å²) in [6.07, 6.45) is 1.21. The standard InChI is InChI=1S/C21H33N3O3/c1-6-24(7-2)18(25)10-11-23-19-17(27-5)13-14-8-9-15(20(22)26)12-16(14)21(19,3)4/h8-9,12,17,19,23H,6-7,10-11,13H2,1-5H3,(H2,22,26)/t17-,19+/m0/s1. The van der Waals surface area contributed by atoms with Crippen LogP contribution >= 0.6 is 0 Å². The number of carbonyl (C=O) groups is 2. The second-order valence-electron chi connectivity index (χ2n) is 7.68. The lowest BCUT2D eigenvalue weighted by Gasteiger charge is -2.45. The van der Waals surface area contributed by atoms with Crippen LogP contribution < -0.4 is 11.1 Å². The van der Waals surface area contributed by atoms with E-state index in [0.717, 1.165) is 25.1 Å². The number of rotatable bonds is 8. The van der Waals surface area contributed by atoms with E-state index in [0.29, 0.717) is 18.5 Å². The van der Waals surface area contributed by atoms with Crippen LogP contribution in [0.5, 0.6) is 0 Å². The van der Waals surface area contributed by atoms with Crippen LogP contribution in [0.25, 0.3) is 0 Å². The fourth-order valence-electron chi connectivity index (χ4n) is 4.15. The van der Waals surface area contributed by atoms with Crippen molar-refractivity contribution in [1.29, 1.82) is 0 Å². The first-order valence-electron chi connectivity index (χ1n) is 9.73. The second kappa shape index (κ2) is 8.85. The Balaban J connectivity index is 2.19. The molecule has 0 aromatic heterocycles. The van der Waals surface area contributed by atoms with Gasteiger partial charge in [-0.2, -0.15) is 0 Å². The molecule has 0 spiro atoms. The molecule has 0 saturated heterocycles. The molecular weight excluding hydrogens is 342 g/mol. The van der Waals surface area contributed by atoms with Crippen molar-refractivity contribution < 1.29 is 14.3 Å². The molecule has 27 heavy (non-hydrogen) atoms. The highest BCUT2D eigenvalue weighted by Gasteiger charge is 2.42. The van der Waals surface area contributed by atoms with Gasteiger partial charge in [-0.25, -0.2) is 0 Å². The van der Waals surface area contributed by atoms with Gasteiger partial charge in [0.15, 0.2) is 0 Å². The lowest BCUT2D eigenvalue weighted by atomic mass is 9.67. The largest absolute Gasteiger partial charge is 0.379 e. The molecule has 2 amide bonds. The van der Waals surface area contributed by atoms with E-state index in [9.17, 15) is 9.59 Å². The predicted molar refractivity (Wildman–Crippen MR) is 107 cm³/mol. The minimum Gasteiger partial charge on any atom is -0.379 e. The van der Waals surface area contributed by atoms with Crippen LogP contribution in [0.15, 0.2) is 18.2 Å². The highest BCUT2D eigenvalue weighted by atomic mass is 16.5. The molecule has 1 aliphatic rings. The zero-order chi connectivity index (χ0) is 20.2. The third-order valence-electron chi connectivity index (χ3n) is 5.78. The molecule has 2 rings (SSSR count). The summed E-state index contributed by atoms with van der Waals surface area (Å²) in [5.74, 6) is -0.261. The van der Waals surface area contributed by atoms with Crippen molar-refractivity contribution in [3.05, 3.63) is 34.9 Å². The lowest BCUT2D eigenvalue weighted by molar-refractivity contribution is -0.130. The van der Waals surface area contributed by atoms with E-state index in [2.05, 4.69) is 19.2 Å². The Kier molecular flexibility index (Phi) is 7.00. The fourth-order valence-corrected chi connectivity index (χ4v) is 4.15. The van der Waals surface area contributed by atoms with Gasteiger partial charge in [-0.1, -0.05) is 19.9 Å². The predicted octanol–water partition coefficient (Wildman–Crippen LogP) is 1.85. The molecule has 1 aliphatic carbocycles. The molecular formula is C21H33N3O3. The van der Waals surface area contributed by atoms with E-state index in [1.807, 2.05) is 30.9 Å². The van der Waals surface area contributed by atoms with Gasteiger partial charge in [-0.05, 0) is 37.1 Å². The van der Waals surface area contributed by atoms with Crippen molar-refractivity contribution in [2.24, 2.45) is 5.73 Å². The molecule has 0 bridgehead atoms. The number of nitrogens with zero attached hydrogens (tertiary/aromatic N) is 1. The molecule has 1 aromatic carbocycles. The van der Waals surface area contributed by atoms with E-state index in [-0.39, 0.29) is 23.5 Å². The Hall–Kier alpha value is -1.92. The number of nitrogens with two attached hydrogens (primary N) is 1. The van der Waals surface area contributed by atoms with Gasteiger partial charge in [-0.3, -0.25) is 9.59 Å². The van der Waals surface area contributed by atoms with Crippen LogP contribution in [0.4, 0.5) is 0 Å². The van der Waals surface area contributed by atoms with Gasteiger partial charge >= 0.3 is 0 Å².